The average molecular weight is 412 g/mol. The van der Waals surface area contributed by atoms with Gasteiger partial charge in [-0.1, -0.05) is 48.5 Å². The van der Waals surface area contributed by atoms with Crippen LogP contribution in [0.4, 0.5) is 10.1 Å². The third-order valence-electron chi connectivity index (χ3n) is 4.63. The molecule has 2 unspecified atom stereocenters. The van der Waals surface area contributed by atoms with Gasteiger partial charge in [0.2, 0.25) is 0 Å². The van der Waals surface area contributed by atoms with Gasteiger partial charge < -0.3 is 14.4 Å². The predicted octanol–water partition coefficient (Wildman–Crippen LogP) is 4.30. The first-order valence-corrected chi connectivity index (χ1v) is 10.0. The van der Waals surface area contributed by atoms with Gasteiger partial charge in [-0.2, -0.15) is 0 Å². The number of hydrogen-bond donors (Lipinski definition) is 2. The van der Waals surface area contributed by atoms with E-state index in [1.165, 1.54) is 12.1 Å². The van der Waals surface area contributed by atoms with E-state index in [1.807, 2.05) is 36.4 Å². The maximum Gasteiger partial charge on any atom is 0.335 e. The lowest BCUT2D eigenvalue weighted by atomic mass is 9.86. The molecule has 0 bridgehead atoms. The fraction of sp³-hybridized carbons (Fsp3) is 0.136. The van der Waals surface area contributed by atoms with Crippen LogP contribution in [0.2, 0.25) is 0 Å². The third kappa shape index (κ3) is 5.73. The van der Waals surface area contributed by atoms with Crippen molar-refractivity contribution in [2.45, 2.75) is 18.8 Å². The van der Waals surface area contributed by atoms with Crippen molar-refractivity contribution in [3.05, 3.63) is 101 Å². The summed E-state index contributed by atoms with van der Waals surface area (Å²) in [5.74, 6) is -1.64. The summed E-state index contributed by atoms with van der Waals surface area (Å²) >= 11 is -2.62. The molecular weight excluding hydrogens is 393 g/mol. The Morgan fingerprint density at radius 2 is 1.69 bits per heavy atom. The maximum absolute atomic E-state index is 13.9. The molecule has 0 fully saturated rings. The van der Waals surface area contributed by atoms with Crippen molar-refractivity contribution >= 4 is 22.9 Å². The first kappa shape index (κ1) is 20.7. The summed E-state index contributed by atoms with van der Waals surface area (Å²) in [6.07, 6.45) is 1.11. The number of benzene rings is 3. The summed E-state index contributed by atoms with van der Waals surface area (Å²) in [4.78, 5) is 11.3. The molecule has 0 saturated heterocycles. The van der Waals surface area contributed by atoms with Crippen LogP contribution in [0.3, 0.4) is 0 Å². The number of hydrogen-bond acceptors (Lipinski definition) is 3. The molecule has 150 valence electrons. The fourth-order valence-corrected chi connectivity index (χ4v) is 3.64. The first-order valence-electron chi connectivity index (χ1n) is 8.94. The van der Waals surface area contributed by atoms with Gasteiger partial charge in [-0.15, -0.1) is 0 Å². The number of rotatable bonds is 8. The Kier molecular flexibility index (Phi) is 6.74. The summed E-state index contributed by atoms with van der Waals surface area (Å²) in [5.41, 5.74) is 2.82. The summed E-state index contributed by atoms with van der Waals surface area (Å²) < 4.78 is 37.7. The van der Waals surface area contributed by atoms with E-state index >= 15 is 0 Å². The third-order valence-corrected chi connectivity index (χ3v) is 5.02. The van der Waals surface area contributed by atoms with Gasteiger partial charge in [0, 0.05) is 11.3 Å². The quantitative estimate of drug-likeness (QED) is 0.540. The van der Waals surface area contributed by atoms with Crippen LogP contribution in [0, 0.1) is 5.82 Å². The van der Waals surface area contributed by atoms with Crippen molar-refractivity contribution < 1.29 is 23.1 Å². The SMILES string of the molecule is O=C(O)c1cccc(CC(Cc2ccc(F)c(NS(=O)[O-])c2)c2ccccc2)c1. The van der Waals surface area contributed by atoms with E-state index in [0.29, 0.717) is 12.8 Å². The normalized spacial score (nSPS) is 12.9. The lowest BCUT2D eigenvalue weighted by molar-refractivity contribution is 0.0696. The molecule has 0 aromatic heterocycles. The topological polar surface area (TPSA) is 89.5 Å². The number of carboxylic acids is 1. The highest BCUT2D eigenvalue weighted by molar-refractivity contribution is 7.80. The summed E-state index contributed by atoms with van der Waals surface area (Å²) in [7, 11) is 0. The molecule has 3 aromatic carbocycles. The summed E-state index contributed by atoms with van der Waals surface area (Å²) in [6, 6.07) is 20.9. The van der Waals surface area contributed by atoms with Gasteiger partial charge in [0.25, 0.3) is 0 Å². The minimum atomic E-state index is -2.62. The Hall–Kier alpha value is -3.03. The predicted molar refractivity (Wildman–Crippen MR) is 109 cm³/mol. The van der Waals surface area contributed by atoms with Crippen molar-refractivity contribution in [2.24, 2.45) is 0 Å². The minimum absolute atomic E-state index is 0.00342. The molecule has 5 nitrogen and oxygen atoms in total. The van der Waals surface area contributed by atoms with E-state index < -0.39 is 23.1 Å². The molecule has 29 heavy (non-hydrogen) atoms. The Morgan fingerprint density at radius 3 is 2.34 bits per heavy atom. The number of anilines is 1. The van der Waals surface area contributed by atoms with Crippen LogP contribution < -0.4 is 4.72 Å². The Bertz CT molecular complexity index is 1030. The Morgan fingerprint density at radius 1 is 1.00 bits per heavy atom. The monoisotopic (exact) mass is 412 g/mol. The molecule has 7 heteroatoms. The fourth-order valence-electron chi connectivity index (χ4n) is 3.30. The molecular formula is C22H19FNO4S-. The van der Waals surface area contributed by atoms with Crippen molar-refractivity contribution in [3.63, 3.8) is 0 Å². The zero-order valence-electron chi connectivity index (χ0n) is 15.4. The molecule has 0 radical (unpaired) electrons. The van der Waals surface area contributed by atoms with Crippen LogP contribution in [-0.4, -0.2) is 19.8 Å². The van der Waals surface area contributed by atoms with Crippen LogP contribution in [0.25, 0.3) is 0 Å². The lowest BCUT2D eigenvalue weighted by Gasteiger charge is -2.19. The second kappa shape index (κ2) is 9.45. The average Bonchev–Trinajstić information content (AvgIpc) is 2.70. The molecule has 2 atom stereocenters. The van der Waals surface area contributed by atoms with Gasteiger partial charge in [-0.3, -0.25) is 4.21 Å². The van der Waals surface area contributed by atoms with Gasteiger partial charge in [-0.05, 0) is 59.7 Å². The lowest BCUT2D eigenvalue weighted by Crippen LogP contribution is -2.09. The zero-order chi connectivity index (χ0) is 20.8. The molecule has 2 N–H and O–H groups in total. The second-order valence-electron chi connectivity index (χ2n) is 6.67. The number of nitrogens with one attached hydrogen (secondary N) is 1. The van der Waals surface area contributed by atoms with Crippen molar-refractivity contribution in [2.75, 3.05) is 4.72 Å². The van der Waals surface area contributed by atoms with Crippen LogP contribution >= 0.6 is 0 Å². The Labute approximate surface area is 170 Å². The van der Waals surface area contributed by atoms with Gasteiger partial charge in [0.15, 0.2) is 0 Å². The van der Waals surface area contributed by atoms with E-state index in [2.05, 4.69) is 4.72 Å². The molecule has 3 rings (SSSR count). The van der Waals surface area contributed by atoms with Gasteiger partial charge in [0.05, 0.1) is 11.3 Å². The first-order chi connectivity index (χ1) is 13.9. The van der Waals surface area contributed by atoms with Gasteiger partial charge >= 0.3 is 5.97 Å². The van der Waals surface area contributed by atoms with Crippen molar-refractivity contribution in [1.82, 2.24) is 0 Å². The van der Waals surface area contributed by atoms with Crippen LogP contribution in [0.1, 0.15) is 33.0 Å². The summed E-state index contributed by atoms with van der Waals surface area (Å²) in [5, 5.41) is 9.23. The van der Waals surface area contributed by atoms with Crippen molar-refractivity contribution in [1.29, 1.82) is 0 Å². The largest absolute Gasteiger partial charge is 0.755 e. The zero-order valence-corrected chi connectivity index (χ0v) is 16.2. The molecule has 0 aliphatic carbocycles. The smallest absolute Gasteiger partial charge is 0.335 e. The standard InChI is InChI=1S/C22H20FNO4S/c23-20-10-9-16(14-21(20)24-29(27)28)13-19(17-6-2-1-3-7-17)12-15-5-4-8-18(11-15)22(25)26/h1-11,14,19,24H,12-13H2,(H,25,26)(H,27,28)/p-1. The van der Waals surface area contributed by atoms with E-state index in [1.54, 1.807) is 24.3 Å². The van der Waals surface area contributed by atoms with Gasteiger partial charge in [0.1, 0.15) is 5.82 Å². The number of carboxylic acid groups (broad SMARTS) is 1. The highest BCUT2D eigenvalue weighted by Gasteiger charge is 2.16. The molecule has 0 heterocycles. The summed E-state index contributed by atoms with van der Waals surface area (Å²) in [6.45, 7) is 0. The van der Waals surface area contributed by atoms with Crippen LogP contribution in [0.5, 0.6) is 0 Å². The Balaban J connectivity index is 1.90. The number of aromatic carboxylic acids is 1. The van der Waals surface area contributed by atoms with Crippen LogP contribution in [-0.2, 0) is 24.1 Å². The van der Waals surface area contributed by atoms with E-state index in [-0.39, 0.29) is 17.2 Å². The van der Waals surface area contributed by atoms with Crippen molar-refractivity contribution in [3.8, 4) is 0 Å². The van der Waals surface area contributed by atoms with E-state index in [4.69, 9.17) is 0 Å². The number of carbonyl (C=O) groups is 1. The molecule has 0 amide bonds. The molecule has 3 aromatic rings. The number of halogens is 1. The molecule has 0 aliphatic rings. The molecule has 0 spiro atoms. The highest BCUT2D eigenvalue weighted by atomic mass is 32.2. The highest BCUT2D eigenvalue weighted by Crippen LogP contribution is 2.27. The molecule has 0 aliphatic heterocycles. The van der Waals surface area contributed by atoms with Crippen LogP contribution in [0.15, 0.2) is 72.8 Å². The minimum Gasteiger partial charge on any atom is -0.755 e. The van der Waals surface area contributed by atoms with Gasteiger partial charge in [-0.25, -0.2) is 9.18 Å². The second-order valence-corrected chi connectivity index (χ2v) is 7.35. The molecule has 0 saturated carbocycles. The van der Waals surface area contributed by atoms with E-state index in [9.17, 15) is 23.1 Å². The maximum atomic E-state index is 13.9. The van der Waals surface area contributed by atoms with E-state index in [0.717, 1.165) is 16.7 Å².